The van der Waals surface area contributed by atoms with Crippen LogP contribution in [0.25, 0.3) is 0 Å². The lowest BCUT2D eigenvalue weighted by molar-refractivity contribution is -0.118. The minimum absolute atomic E-state index is 0.00483. The smallest absolute Gasteiger partial charge is 0.225 e. The Bertz CT molecular complexity index is 1210. The van der Waals surface area contributed by atoms with Crippen LogP contribution in [0.4, 0.5) is 5.69 Å². The van der Waals surface area contributed by atoms with E-state index < -0.39 is 5.92 Å². The zero-order valence-corrected chi connectivity index (χ0v) is 19.6. The second kappa shape index (κ2) is 6.92. The van der Waals surface area contributed by atoms with Crippen LogP contribution < -0.4 is 10.5 Å². The monoisotopic (exact) mass is 450 g/mol. The fraction of sp³-hybridized carbons (Fsp3) is 0.423. The van der Waals surface area contributed by atoms with Gasteiger partial charge in [0.2, 0.25) is 5.88 Å². The molecule has 1 aromatic carbocycles. The largest absolute Gasteiger partial charge is 0.443 e. The second-order valence-electron chi connectivity index (χ2n) is 10.9. The lowest BCUT2D eigenvalue weighted by Crippen LogP contribution is -2.35. The first kappa shape index (κ1) is 21.2. The maximum absolute atomic E-state index is 13.4. The van der Waals surface area contributed by atoms with E-state index >= 15 is 0 Å². The number of hydrogen-bond acceptors (Lipinski definition) is 5. The van der Waals surface area contributed by atoms with E-state index in [1.54, 1.807) is 12.1 Å². The van der Waals surface area contributed by atoms with Crippen molar-refractivity contribution < 1.29 is 14.3 Å². The lowest BCUT2D eigenvalue weighted by atomic mass is 9.69. The first-order chi connectivity index (χ1) is 15.0. The molecular formula is C26H27ClN2O3. The van der Waals surface area contributed by atoms with E-state index in [1.807, 2.05) is 12.1 Å². The van der Waals surface area contributed by atoms with Crippen molar-refractivity contribution in [3.8, 4) is 5.88 Å². The molecule has 2 N–H and O–H groups in total. The number of aromatic nitrogens is 1. The number of nitrogens with two attached hydrogens (primary N) is 1. The highest BCUT2D eigenvalue weighted by atomic mass is 35.5. The van der Waals surface area contributed by atoms with Crippen molar-refractivity contribution in [2.45, 2.75) is 59.3 Å². The fourth-order valence-electron chi connectivity index (χ4n) is 5.42. The topological polar surface area (TPSA) is 82.3 Å². The van der Waals surface area contributed by atoms with Gasteiger partial charge in [0.1, 0.15) is 5.76 Å². The van der Waals surface area contributed by atoms with Crippen molar-refractivity contribution in [2.75, 3.05) is 5.73 Å². The molecule has 1 unspecified atom stereocenters. The Labute approximate surface area is 193 Å². The summed E-state index contributed by atoms with van der Waals surface area (Å²) in [5, 5.41) is 0.611. The number of ether oxygens (including phenoxy) is 1. The number of carbonyl (C=O) groups is 2. The molecule has 0 spiro atoms. The highest BCUT2D eigenvalue weighted by molar-refractivity contribution is 6.30. The molecule has 0 amide bonds. The SMILES string of the molecule is CC1(C)CC(=O)C2=C(C1)Oc1nc3c(c(N)c1C2c1ccc(Cl)cc1)C(=O)CC(C)(C)C3. The van der Waals surface area contributed by atoms with E-state index in [2.05, 4.69) is 27.7 Å². The Hall–Kier alpha value is -2.66. The van der Waals surface area contributed by atoms with E-state index in [1.165, 1.54) is 0 Å². The van der Waals surface area contributed by atoms with Gasteiger partial charge in [-0.3, -0.25) is 9.59 Å². The molecular weight excluding hydrogens is 424 g/mol. The van der Waals surface area contributed by atoms with Crippen LogP contribution in [-0.4, -0.2) is 16.6 Å². The maximum Gasteiger partial charge on any atom is 0.225 e. The molecule has 3 aliphatic rings. The van der Waals surface area contributed by atoms with Crippen molar-refractivity contribution in [1.29, 1.82) is 0 Å². The number of halogens is 1. The molecule has 1 aromatic heterocycles. The van der Waals surface area contributed by atoms with Gasteiger partial charge in [0.25, 0.3) is 0 Å². The summed E-state index contributed by atoms with van der Waals surface area (Å²) >= 11 is 6.14. The normalized spacial score (nSPS) is 23.2. The van der Waals surface area contributed by atoms with Crippen molar-refractivity contribution in [3.63, 3.8) is 0 Å². The third kappa shape index (κ3) is 3.34. The van der Waals surface area contributed by atoms with E-state index in [0.717, 1.165) is 5.56 Å². The number of anilines is 1. The fourth-order valence-corrected chi connectivity index (χ4v) is 5.55. The predicted molar refractivity (Wildman–Crippen MR) is 124 cm³/mol. The van der Waals surface area contributed by atoms with Crippen LogP contribution in [0.15, 0.2) is 35.6 Å². The standard InChI is InChI=1S/C26H27ClN2O3/c1-25(2)9-15-20(16(30)10-25)23(28)22-19(13-5-7-14(27)8-6-13)21-17(31)11-26(3,4)12-18(21)32-24(22)29-15/h5-8,19H,9-12H2,1-4H3,(H2,28,29). The van der Waals surface area contributed by atoms with Gasteiger partial charge in [-0.1, -0.05) is 51.4 Å². The summed E-state index contributed by atoms with van der Waals surface area (Å²) in [7, 11) is 0. The van der Waals surface area contributed by atoms with E-state index in [4.69, 9.17) is 27.1 Å². The van der Waals surface area contributed by atoms with Crippen LogP contribution in [0.5, 0.6) is 5.88 Å². The molecule has 32 heavy (non-hydrogen) atoms. The van der Waals surface area contributed by atoms with Gasteiger partial charge in [-0.15, -0.1) is 0 Å². The number of pyridine rings is 1. The van der Waals surface area contributed by atoms with Gasteiger partial charge in [-0.2, -0.15) is 0 Å². The maximum atomic E-state index is 13.4. The molecule has 2 heterocycles. The van der Waals surface area contributed by atoms with Gasteiger partial charge in [-0.25, -0.2) is 4.98 Å². The highest BCUT2D eigenvalue weighted by Crippen LogP contribution is 2.53. The third-order valence-corrected chi connectivity index (χ3v) is 7.01. The van der Waals surface area contributed by atoms with Gasteiger partial charge >= 0.3 is 0 Å². The predicted octanol–water partition coefficient (Wildman–Crippen LogP) is 5.64. The lowest BCUT2D eigenvalue weighted by Gasteiger charge is -2.39. The Morgan fingerprint density at radius 1 is 0.969 bits per heavy atom. The van der Waals surface area contributed by atoms with E-state index in [0.29, 0.717) is 70.4 Å². The third-order valence-electron chi connectivity index (χ3n) is 6.76. The summed E-state index contributed by atoms with van der Waals surface area (Å²) in [6.07, 6.45) is 2.13. The minimum Gasteiger partial charge on any atom is -0.443 e. The number of allylic oxidation sites excluding steroid dienone is 2. The molecule has 1 aliphatic heterocycles. The Morgan fingerprint density at radius 2 is 1.59 bits per heavy atom. The number of nitrogens with zero attached hydrogens (tertiary/aromatic N) is 1. The van der Waals surface area contributed by atoms with Crippen molar-refractivity contribution in [3.05, 3.63) is 63.0 Å². The van der Waals surface area contributed by atoms with Gasteiger partial charge in [0, 0.05) is 35.8 Å². The van der Waals surface area contributed by atoms with Crippen LogP contribution in [-0.2, 0) is 11.2 Å². The Morgan fingerprint density at radius 3 is 2.28 bits per heavy atom. The number of nitrogen functional groups attached to an aromatic ring is 1. The van der Waals surface area contributed by atoms with Crippen molar-refractivity contribution in [1.82, 2.24) is 4.98 Å². The Balaban J connectivity index is 1.77. The number of ketones is 2. The molecule has 0 bridgehead atoms. The zero-order chi connectivity index (χ0) is 23.0. The molecule has 0 radical (unpaired) electrons. The summed E-state index contributed by atoms with van der Waals surface area (Å²) in [6.45, 7) is 8.26. The molecule has 0 saturated heterocycles. The molecule has 0 saturated carbocycles. The molecule has 5 rings (SSSR count). The zero-order valence-electron chi connectivity index (χ0n) is 18.8. The molecule has 166 valence electrons. The molecule has 0 fully saturated rings. The summed E-state index contributed by atoms with van der Waals surface area (Å²) in [6, 6.07) is 7.42. The number of rotatable bonds is 1. The summed E-state index contributed by atoms with van der Waals surface area (Å²) < 4.78 is 6.30. The van der Waals surface area contributed by atoms with Gasteiger partial charge in [0.05, 0.1) is 22.5 Å². The number of fused-ring (bicyclic) bond motifs is 2. The number of Topliss-reactive ketones (excluding diaryl/α,β-unsaturated/α-hetero) is 2. The summed E-state index contributed by atoms with van der Waals surface area (Å²) in [5.74, 6) is 0.680. The number of carbonyl (C=O) groups excluding carboxylic acids is 2. The van der Waals surface area contributed by atoms with E-state index in [9.17, 15) is 9.59 Å². The van der Waals surface area contributed by atoms with Crippen LogP contribution in [0.2, 0.25) is 5.02 Å². The second-order valence-corrected chi connectivity index (χ2v) is 11.3. The van der Waals surface area contributed by atoms with Crippen molar-refractivity contribution in [2.24, 2.45) is 10.8 Å². The molecule has 5 nitrogen and oxygen atoms in total. The average molecular weight is 451 g/mol. The molecule has 6 heteroatoms. The van der Waals surface area contributed by atoms with Gasteiger partial charge < -0.3 is 10.5 Å². The molecule has 2 aliphatic carbocycles. The van der Waals surface area contributed by atoms with Crippen LogP contribution in [0.1, 0.15) is 80.1 Å². The van der Waals surface area contributed by atoms with Crippen LogP contribution in [0.3, 0.4) is 0 Å². The van der Waals surface area contributed by atoms with Crippen LogP contribution >= 0.6 is 11.6 Å². The average Bonchev–Trinajstić information content (AvgIpc) is 2.64. The highest BCUT2D eigenvalue weighted by Gasteiger charge is 2.45. The van der Waals surface area contributed by atoms with Crippen LogP contribution in [0, 0.1) is 10.8 Å². The van der Waals surface area contributed by atoms with Gasteiger partial charge in [0.15, 0.2) is 11.6 Å². The first-order valence-electron chi connectivity index (χ1n) is 11.0. The quantitative estimate of drug-likeness (QED) is 0.607. The minimum atomic E-state index is -0.435. The number of hydrogen-bond donors (Lipinski definition) is 1. The number of benzene rings is 1. The Kier molecular flexibility index (Phi) is 4.58. The van der Waals surface area contributed by atoms with Crippen molar-refractivity contribution >= 4 is 28.9 Å². The van der Waals surface area contributed by atoms with E-state index in [-0.39, 0.29) is 22.4 Å². The molecule has 2 aromatic rings. The molecule has 1 atom stereocenters. The summed E-state index contributed by atoms with van der Waals surface area (Å²) in [5.41, 5.74) is 9.97. The van der Waals surface area contributed by atoms with Gasteiger partial charge in [-0.05, 0) is 34.9 Å². The summed E-state index contributed by atoms with van der Waals surface area (Å²) in [4.78, 5) is 31.3. The first-order valence-corrected chi connectivity index (χ1v) is 11.4.